The van der Waals surface area contributed by atoms with Crippen molar-refractivity contribution in [3.05, 3.63) is 60.7 Å². The van der Waals surface area contributed by atoms with Crippen LogP contribution in [0.5, 0.6) is 17.2 Å². The average Bonchev–Trinajstić information content (AvgIpc) is 2.66. The van der Waals surface area contributed by atoms with Gasteiger partial charge >= 0.3 is 6.09 Å². The molecule has 2 atom stereocenters. The largest absolute Gasteiger partial charge is 0.504 e. The molecule has 0 saturated heterocycles. The van der Waals surface area contributed by atoms with E-state index in [2.05, 4.69) is 11.9 Å². The molecule has 0 bridgehead atoms. The zero-order valence-corrected chi connectivity index (χ0v) is 15.1. The summed E-state index contributed by atoms with van der Waals surface area (Å²) in [6.07, 6.45) is 0.471. The Kier molecular flexibility index (Phi) is 6.49. The van der Waals surface area contributed by atoms with Gasteiger partial charge in [-0.3, -0.25) is 5.32 Å². The lowest BCUT2D eigenvalue weighted by Gasteiger charge is -2.23. The minimum absolute atomic E-state index is 0.0228. The molecule has 2 rings (SSSR count). The normalized spacial score (nSPS) is 12.6. The molecule has 0 aliphatic carbocycles. The highest BCUT2D eigenvalue weighted by Gasteiger charge is 2.23. The summed E-state index contributed by atoms with van der Waals surface area (Å²) in [6, 6.07) is 11.8. The summed E-state index contributed by atoms with van der Waals surface area (Å²) < 4.78 is 15.7. The predicted octanol–water partition coefficient (Wildman–Crippen LogP) is 4.52. The Morgan fingerprint density at radius 2 is 1.85 bits per heavy atom. The van der Waals surface area contributed by atoms with Crippen LogP contribution in [0.25, 0.3) is 0 Å². The average molecular weight is 357 g/mol. The third kappa shape index (κ3) is 4.69. The number of nitrogens with one attached hydrogen (secondary N) is 1. The van der Waals surface area contributed by atoms with Crippen molar-refractivity contribution < 1.29 is 24.1 Å². The first-order chi connectivity index (χ1) is 12.5. The van der Waals surface area contributed by atoms with Gasteiger partial charge in [-0.1, -0.05) is 19.1 Å². The lowest BCUT2D eigenvalue weighted by molar-refractivity contribution is 0.0895. The van der Waals surface area contributed by atoms with Gasteiger partial charge in [0.15, 0.2) is 11.5 Å². The van der Waals surface area contributed by atoms with E-state index in [9.17, 15) is 9.90 Å². The molecule has 1 amide bonds. The van der Waals surface area contributed by atoms with Crippen molar-refractivity contribution in [2.24, 2.45) is 5.92 Å². The molecule has 2 aromatic carbocycles. The molecular formula is C20H23NO5. The first-order valence-corrected chi connectivity index (χ1v) is 8.09. The standard InChI is InChI=1S/C20H23NO5/c1-5-13(2)19(14-6-11-18(25-4)17(22)12-14)26-20(23)21-15-7-9-16(24-3)10-8-15/h5-13,19,22H,1H2,2-4H3,(H,21,23)/t13-,19+/m0/s1. The van der Waals surface area contributed by atoms with E-state index >= 15 is 0 Å². The number of rotatable bonds is 7. The van der Waals surface area contributed by atoms with Crippen LogP contribution in [-0.2, 0) is 4.74 Å². The van der Waals surface area contributed by atoms with Crippen LogP contribution in [0.1, 0.15) is 18.6 Å². The Morgan fingerprint density at radius 1 is 1.15 bits per heavy atom. The number of ether oxygens (including phenoxy) is 3. The molecule has 2 aromatic rings. The van der Waals surface area contributed by atoms with Crippen molar-refractivity contribution in [3.8, 4) is 17.2 Å². The zero-order chi connectivity index (χ0) is 19.1. The molecule has 0 aromatic heterocycles. The van der Waals surface area contributed by atoms with Gasteiger partial charge in [0.2, 0.25) is 0 Å². The monoisotopic (exact) mass is 357 g/mol. The summed E-state index contributed by atoms with van der Waals surface area (Å²) in [4.78, 5) is 12.3. The van der Waals surface area contributed by atoms with Crippen LogP contribution >= 0.6 is 0 Å². The highest BCUT2D eigenvalue weighted by Crippen LogP contribution is 2.34. The number of anilines is 1. The van der Waals surface area contributed by atoms with Gasteiger partial charge in [0.1, 0.15) is 11.9 Å². The first kappa shape index (κ1) is 19.2. The van der Waals surface area contributed by atoms with Crippen LogP contribution in [-0.4, -0.2) is 25.4 Å². The van der Waals surface area contributed by atoms with E-state index in [0.717, 1.165) is 0 Å². The molecule has 138 valence electrons. The van der Waals surface area contributed by atoms with E-state index in [1.54, 1.807) is 49.6 Å². The van der Waals surface area contributed by atoms with Crippen molar-refractivity contribution in [3.63, 3.8) is 0 Å². The van der Waals surface area contributed by atoms with Gasteiger partial charge in [-0.2, -0.15) is 0 Å². The fourth-order valence-electron chi connectivity index (χ4n) is 2.42. The Balaban J connectivity index is 2.15. The summed E-state index contributed by atoms with van der Waals surface area (Å²) in [6.45, 7) is 5.64. The molecule has 0 radical (unpaired) electrons. The number of carbonyl (C=O) groups is 1. The summed E-state index contributed by atoms with van der Waals surface area (Å²) >= 11 is 0. The van der Waals surface area contributed by atoms with Crippen molar-refractivity contribution >= 4 is 11.8 Å². The summed E-state index contributed by atoms with van der Waals surface area (Å²) in [5.74, 6) is 0.854. The summed E-state index contributed by atoms with van der Waals surface area (Å²) in [7, 11) is 3.04. The van der Waals surface area contributed by atoms with Crippen LogP contribution in [0.2, 0.25) is 0 Å². The minimum atomic E-state index is -0.609. The topological polar surface area (TPSA) is 77.0 Å². The van der Waals surface area contributed by atoms with Gasteiger partial charge in [0.05, 0.1) is 14.2 Å². The Bertz CT molecular complexity index is 757. The second-order valence-electron chi connectivity index (χ2n) is 5.71. The van der Waals surface area contributed by atoms with Gasteiger partial charge in [-0.05, 0) is 42.0 Å². The van der Waals surface area contributed by atoms with E-state index in [1.165, 1.54) is 13.2 Å². The number of hydrogen-bond donors (Lipinski definition) is 2. The zero-order valence-electron chi connectivity index (χ0n) is 15.1. The molecule has 0 unspecified atom stereocenters. The van der Waals surface area contributed by atoms with E-state index in [-0.39, 0.29) is 11.7 Å². The SMILES string of the molecule is C=C[C@H](C)[C@@H](OC(=O)Nc1ccc(OC)cc1)c1ccc(OC)c(O)c1. The number of methoxy groups -OCH3 is 2. The van der Waals surface area contributed by atoms with E-state index in [1.807, 2.05) is 6.92 Å². The predicted molar refractivity (Wildman–Crippen MR) is 99.9 cm³/mol. The highest BCUT2D eigenvalue weighted by atomic mass is 16.6. The van der Waals surface area contributed by atoms with E-state index in [4.69, 9.17) is 14.2 Å². The Morgan fingerprint density at radius 3 is 2.38 bits per heavy atom. The van der Waals surface area contributed by atoms with E-state index in [0.29, 0.717) is 22.7 Å². The van der Waals surface area contributed by atoms with Crippen molar-refractivity contribution in [2.45, 2.75) is 13.0 Å². The van der Waals surface area contributed by atoms with Gasteiger partial charge < -0.3 is 19.3 Å². The van der Waals surface area contributed by atoms with Crippen molar-refractivity contribution in [2.75, 3.05) is 19.5 Å². The molecule has 0 aliphatic heterocycles. The van der Waals surface area contributed by atoms with Crippen molar-refractivity contribution in [1.82, 2.24) is 0 Å². The number of hydrogen-bond acceptors (Lipinski definition) is 5. The molecule has 0 saturated carbocycles. The molecule has 2 N–H and O–H groups in total. The van der Waals surface area contributed by atoms with Gasteiger partial charge in [-0.25, -0.2) is 4.79 Å². The molecule has 0 aliphatic rings. The van der Waals surface area contributed by atoms with Crippen LogP contribution in [0.4, 0.5) is 10.5 Å². The van der Waals surface area contributed by atoms with Crippen LogP contribution < -0.4 is 14.8 Å². The number of phenols is 1. The lowest BCUT2D eigenvalue weighted by atomic mass is 9.97. The quantitative estimate of drug-likeness (QED) is 0.712. The van der Waals surface area contributed by atoms with Crippen LogP contribution in [0.15, 0.2) is 55.1 Å². The third-order valence-corrected chi connectivity index (χ3v) is 3.95. The van der Waals surface area contributed by atoms with Crippen molar-refractivity contribution in [1.29, 1.82) is 0 Å². The Hall–Kier alpha value is -3.15. The minimum Gasteiger partial charge on any atom is -0.504 e. The molecule has 0 spiro atoms. The summed E-state index contributed by atoms with van der Waals surface area (Å²) in [5.41, 5.74) is 1.22. The van der Waals surface area contributed by atoms with Gasteiger partial charge in [-0.15, -0.1) is 6.58 Å². The molecule has 0 heterocycles. The molecular weight excluding hydrogens is 334 g/mol. The van der Waals surface area contributed by atoms with Gasteiger partial charge in [0.25, 0.3) is 0 Å². The molecule has 6 nitrogen and oxygen atoms in total. The smallest absolute Gasteiger partial charge is 0.412 e. The molecule has 0 fully saturated rings. The summed E-state index contributed by atoms with van der Waals surface area (Å²) in [5, 5.41) is 12.7. The Labute approximate surface area is 153 Å². The number of benzene rings is 2. The molecule has 6 heteroatoms. The van der Waals surface area contributed by atoms with Gasteiger partial charge in [0, 0.05) is 11.6 Å². The number of aromatic hydroxyl groups is 1. The second kappa shape index (κ2) is 8.80. The number of carbonyl (C=O) groups excluding carboxylic acids is 1. The maximum Gasteiger partial charge on any atom is 0.412 e. The maximum atomic E-state index is 12.3. The number of amides is 1. The van der Waals surface area contributed by atoms with Crippen LogP contribution in [0.3, 0.4) is 0 Å². The molecule has 26 heavy (non-hydrogen) atoms. The van der Waals surface area contributed by atoms with E-state index < -0.39 is 12.2 Å². The lowest BCUT2D eigenvalue weighted by Crippen LogP contribution is -2.21. The fourth-order valence-corrected chi connectivity index (χ4v) is 2.42. The van der Waals surface area contributed by atoms with Crippen LogP contribution in [0, 0.1) is 5.92 Å². The highest BCUT2D eigenvalue weighted by molar-refractivity contribution is 5.84. The first-order valence-electron chi connectivity index (χ1n) is 8.09. The maximum absolute atomic E-state index is 12.3. The second-order valence-corrected chi connectivity index (χ2v) is 5.71. The fraction of sp³-hybridized carbons (Fsp3) is 0.250. The third-order valence-electron chi connectivity index (χ3n) is 3.95. The number of phenolic OH excluding ortho intramolecular Hbond substituents is 1.